The number of aliphatic hydroxyl groups is 1. The molecule has 0 unspecified atom stereocenters. The molecule has 0 saturated carbocycles. The van der Waals surface area contributed by atoms with Crippen molar-refractivity contribution in [3.63, 3.8) is 0 Å². The smallest absolute Gasteiger partial charge is 0.176 e. The summed E-state index contributed by atoms with van der Waals surface area (Å²) in [5.41, 5.74) is 0.736. The Morgan fingerprint density at radius 3 is 2.88 bits per heavy atom. The summed E-state index contributed by atoms with van der Waals surface area (Å²) in [6.07, 6.45) is -0.160. The first-order chi connectivity index (χ1) is 8.29. The van der Waals surface area contributed by atoms with Crippen molar-refractivity contribution in [3.8, 4) is 0 Å². The highest BCUT2D eigenvalue weighted by atomic mass is 16.5. The van der Waals surface area contributed by atoms with Gasteiger partial charge in [0.05, 0.1) is 25.9 Å². The summed E-state index contributed by atoms with van der Waals surface area (Å²) >= 11 is 0. The largest absolute Gasteiger partial charge is 0.394 e. The van der Waals surface area contributed by atoms with Crippen LogP contribution in [0.4, 0.5) is 0 Å². The molecule has 1 heterocycles. The quantitative estimate of drug-likeness (QED) is 0.775. The SMILES string of the molecule is O=C(CN1CCO[C@H](CO)C1)c1ccccc1. The molecule has 1 aliphatic rings. The fraction of sp³-hybridized carbons (Fsp3) is 0.462. The van der Waals surface area contributed by atoms with Gasteiger partial charge in [-0.05, 0) is 0 Å². The van der Waals surface area contributed by atoms with Gasteiger partial charge in [-0.15, -0.1) is 0 Å². The Hall–Kier alpha value is -1.23. The number of nitrogens with zero attached hydrogens (tertiary/aromatic N) is 1. The van der Waals surface area contributed by atoms with Crippen LogP contribution in [0.3, 0.4) is 0 Å². The molecule has 1 aromatic rings. The van der Waals surface area contributed by atoms with E-state index in [0.717, 1.165) is 12.1 Å². The van der Waals surface area contributed by atoms with Crippen molar-refractivity contribution in [1.82, 2.24) is 4.90 Å². The van der Waals surface area contributed by atoms with Gasteiger partial charge in [0.1, 0.15) is 0 Å². The number of aliphatic hydroxyl groups excluding tert-OH is 1. The molecule has 1 aliphatic heterocycles. The van der Waals surface area contributed by atoms with Gasteiger partial charge in [0, 0.05) is 18.7 Å². The number of benzene rings is 1. The fourth-order valence-electron chi connectivity index (χ4n) is 1.95. The van der Waals surface area contributed by atoms with Gasteiger partial charge in [-0.2, -0.15) is 0 Å². The third-order valence-corrected chi connectivity index (χ3v) is 2.89. The number of carbonyl (C=O) groups excluding carboxylic acids is 1. The van der Waals surface area contributed by atoms with Gasteiger partial charge in [-0.3, -0.25) is 9.69 Å². The van der Waals surface area contributed by atoms with Crippen molar-refractivity contribution in [2.75, 3.05) is 32.8 Å². The van der Waals surface area contributed by atoms with Gasteiger partial charge in [0.25, 0.3) is 0 Å². The average molecular weight is 235 g/mol. The van der Waals surface area contributed by atoms with Crippen molar-refractivity contribution in [3.05, 3.63) is 35.9 Å². The molecule has 1 N–H and O–H groups in total. The van der Waals surface area contributed by atoms with Crippen LogP contribution in [0.1, 0.15) is 10.4 Å². The molecule has 0 aromatic heterocycles. The molecule has 4 heteroatoms. The Kier molecular flexibility index (Phi) is 4.25. The maximum atomic E-state index is 12.0. The van der Waals surface area contributed by atoms with Crippen molar-refractivity contribution < 1.29 is 14.6 Å². The van der Waals surface area contributed by atoms with E-state index in [9.17, 15) is 4.79 Å². The molecule has 2 rings (SSSR count). The van der Waals surface area contributed by atoms with E-state index >= 15 is 0 Å². The van der Waals surface area contributed by atoms with E-state index in [4.69, 9.17) is 9.84 Å². The number of ketones is 1. The molecule has 1 atom stereocenters. The lowest BCUT2D eigenvalue weighted by atomic mass is 10.1. The number of hydrogen-bond donors (Lipinski definition) is 1. The first kappa shape index (κ1) is 12.2. The summed E-state index contributed by atoms with van der Waals surface area (Å²) in [6.45, 7) is 2.34. The van der Waals surface area contributed by atoms with E-state index in [1.807, 2.05) is 35.2 Å². The minimum atomic E-state index is -0.160. The van der Waals surface area contributed by atoms with Gasteiger partial charge >= 0.3 is 0 Å². The van der Waals surface area contributed by atoms with E-state index < -0.39 is 0 Å². The van der Waals surface area contributed by atoms with E-state index in [1.54, 1.807) is 0 Å². The standard InChI is InChI=1S/C13H17NO3/c15-10-12-8-14(6-7-17-12)9-13(16)11-4-2-1-3-5-11/h1-5,12,15H,6-10H2/t12-/m0/s1. The number of carbonyl (C=O) groups is 1. The lowest BCUT2D eigenvalue weighted by Crippen LogP contribution is -2.45. The zero-order valence-corrected chi connectivity index (χ0v) is 9.71. The predicted octanol–water partition coefficient (Wildman–Crippen LogP) is 0.562. The highest BCUT2D eigenvalue weighted by molar-refractivity contribution is 5.97. The Morgan fingerprint density at radius 1 is 1.41 bits per heavy atom. The molecule has 1 saturated heterocycles. The van der Waals surface area contributed by atoms with Crippen LogP contribution in [0, 0.1) is 0 Å². The second kappa shape index (κ2) is 5.91. The van der Waals surface area contributed by atoms with Crippen molar-refractivity contribution >= 4 is 5.78 Å². The summed E-state index contributed by atoms with van der Waals surface area (Å²) in [7, 11) is 0. The topological polar surface area (TPSA) is 49.8 Å². The minimum absolute atomic E-state index is 0.00995. The molecule has 1 aromatic carbocycles. The van der Waals surface area contributed by atoms with Gasteiger partial charge in [-0.25, -0.2) is 0 Å². The van der Waals surface area contributed by atoms with Crippen molar-refractivity contribution in [2.24, 2.45) is 0 Å². The summed E-state index contributed by atoms with van der Waals surface area (Å²) in [6, 6.07) is 9.28. The summed E-state index contributed by atoms with van der Waals surface area (Å²) in [5.74, 6) is 0.115. The van der Waals surface area contributed by atoms with Crippen molar-refractivity contribution in [2.45, 2.75) is 6.10 Å². The van der Waals surface area contributed by atoms with Crippen LogP contribution in [0.15, 0.2) is 30.3 Å². The molecule has 0 aliphatic carbocycles. The molecule has 0 bridgehead atoms. The van der Waals surface area contributed by atoms with Crippen LogP contribution < -0.4 is 0 Å². The molecule has 0 radical (unpaired) electrons. The Labute approximate surface area is 101 Å². The van der Waals surface area contributed by atoms with Crippen LogP contribution >= 0.6 is 0 Å². The van der Waals surface area contributed by atoms with Crippen molar-refractivity contribution in [1.29, 1.82) is 0 Å². The number of ether oxygens (including phenoxy) is 1. The van der Waals surface area contributed by atoms with Crippen LogP contribution in [0.25, 0.3) is 0 Å². The van der Waals surface area contributed by atoms with E-state index in [0.29, 0.717) is 19.7 Å². The van der Waals surface area contributed by atoms with Gasteiger partial charge in [-0.1, -0.05) is 30.3 Å². The van der Waals surface area contributed by atoms with Gasteiger partial charge in [0.15, 0.2) is 5.78 Å². The molecular formula is C13H17NO3. The normalized spacial score (nSPS) is 21.4. The molecule has 92 valence electrons. The number of morpholine rings is 1. The second-order valence-corrected chi connectivity index (χ2v) is 4.20. The molecule has 4 nitrogen and oxygen atoms in total. The number of Topliss-reactive ketones (excluding diaryl/α,β-unsaturated/α-hetero) is 1. The minimum Gasteiger partial charge on any atom is -0.394 e. The van der Waals surface area contributed by atoms with E-state index in [1.165, 1.54) is 0 Å². The van der Waals surface area contributed by atoms with Crippen LogP contribution in [0.2, 0.25) is 0 Å². The zero-order chi connectivity index (χ0) is 12.1. The van der Waals surface area contributed by atoms with Crippen LogP contribution in [-0.4, -0.2) is 54.7 Å². The van der Waals surface area contributed by atoms with Crippen LogP contribution in [-0.2, 0) is 4.74 Å². The first-order valence-corrected chi connectivity index (χ1v) is 5.82. The molecule has 0 spiro atoms. The molecule has 1 fully saturated rings. The zero-order valence-electron chi connectivity index (χ0n) is 9.71. The second-order valence-electron chi connectivity index (χ2n) is 4.20. The maximum absolute atomic E-state index is 12.0. The third-order valence-electron chi connectivity index (χ3n) is 2.89. The lowest BCUT2D eigenvalue weighted by Gasteiger charge is -2.31. The number of rotatable bonds is 4. The predicted molar refractivity (Wildman–Crippen MR) is 64.0 cm³/mol. The van der Waals surface area contributed by atoms with Gasteiger partial charge < -0.3 is 9.84 Å². The summed E-state index contributed by atoms with van der Waals surface area (Å²) in [5, 5.41) is 9.02. The Balaban J connectivity index is 1.90. The average Bonchev–Trinajstić information content (AvgIpc) is 2.40. The van der Waals surface area contributed by atoms with Gasteiger partial charge in [0.2, 0.25) is 0 Å². The number of hydrogen-bond acceptors (Lipinski definition) is 4. The monoisotopic (exact) mass is 235 g/mol. The Morgan fingerprint density at radius 2 is 2.18 bits per heavy atom. The highest BCUT2D eigenvalue weighted by Gasteiger charge is 2.21. The molecule has 17 heavy (non-hydrogen) atoms. The highest BCUT2D eigenvalue weighted by Crippen LogP contribution is 2.07. The van der Waals surface area contributed by atoms with E-state index in [-0.39, 0.29) is 18.5 Å². The Bertz CT molecular complexity index is 366. The third kappa shape index (κ3) is 3.36. The lowest BCUT2D eigenvalue weighted by molar-refractivity contribution is -0.0503. The van der Waals surface area contributed by atoms with E-state index in [2.05, 4.69) is 0 Å². The fourth-order valence-corrected chi connectivity index (χ4v) is 1.95. The van der Waals surface area contributed by atoms with Crippen LogP contribution in [0.5, 0.6) is 0 Å². The first-order valence-electron chi connectivity index (χ1n) is 5.82. The molecule has 0 amide bonds. The summed E-state index contributed by atoms with van der Waals surface area (Å²) in [4.78, 5) is 14.0. The molecular weight excluding hydrogens is 218 g/mol. The maximum Gasteiger partial charge on any atom is 0.176 e. The summed E-state index contributed by atoms with van der Waals surface area (Å²) < 4.78 is 5.34.